The van der Waals surface area contributed by atoms with Crippen molar-refractivity contribution in [3.05, 3.63) is 81.6 Å². The summed E-state index contributed by atoms with van der Waals surface area (Å²) in [5.41, 5.74) is 2.56. The Kier molecular flexibility index (Phi) is 7.37. The number of benzene rings is 2. The summed E-state index contributed by atoms with van der Waals surface area (Å²) in [5, 5.41) is 5.67. The first-order valence-electron chi connectivity index (χ1n) is 9.54. The average Bonchev–Trinajstić information content (AvgIpc) is 3.17. The van der Waals surface area contributed by atoms with Crippen molar-refractivity contribution in [2.45, 2.75) is 32.2 Å². The van der Waals surface area contributed by atoms with Crippen LogP contribution in [-0.2, 0) is 34.4 Å². The number of rotatable bonds is 9. The lowest BCUT2D eigenvalue weighted by Gasteiger charge is -2.17. The second kappa shape index (κ2) is 9.99. The van der Waals surface area contributed by atoms with Crippen molar-refractivity contribution in [1.29, 1.82) is 0 Å². The van der Waals surface area contributed by atoms with Crippen LogP contribution in [0.4, 0.5) is 10.1 Å². The molecule has 164 valence electrons. The summed E-state index contributed by atoms with van der Waals surface area (Å²) in [6.07, 6.45) is 1.24. The summed E-state index contributed by atoms with van der Waals surface area (Å²) < 4.78 is 46.2. The first-order chi connectivity index (χ1) is 14.7. The summed E-state index contributed by atoms with van der Waals surface area (Å²) in [4.78, 5) is 17.2. The highest BCUT2D eigenvalue weighted by atomic mass is 32.2. The molecule has 31 heavy (non-hydrogen) atoms. The van der Waals surface area contributed by atoms with Gasteiger partial charge in [-0.05, 0) is 48.2 Å². The zero-order chi connectivity index (χ0) is 22.4. The zero-order valence-corrected chi connectivity index (χ0v) is 18.3. The maximum atomic E-state index is 13.4. The van der Waals surface area contributed by atoms with E-state index in [4.69, 9.17) is 4.55 Å². The van der Waals surface area contributed by atoms with Crippen molar-refractivity contribution in [3.63, 3.8) is 0 Å². The molecule has 1 aromatic heterocycles. The van der Waals surface area contributed by atoms with Crippen molar-refractivity contribution in [1.82, 2.24) is 10.3 Å². The number of hydrogen-bond acceptors (Lipinski definition) is 5. The largest absolute Gasteiger partial charge is 0.357 e. The third-order valence-corrected chi connectivity index (χ3v) is 5.96. The van der Waals surface area contributed by atoms with Gasteiger partial charge in [0.15, 0.2) is 0 Å². The fourth-order valence-electron chi connectivity index (χ4n) is 3.02. The number of hydrogen-bond donors (Lipinski definition) is 3. The van der Waals surface area contributed by atoms with Crippen LogP contribution in [0, 0.1) is 5.82 Å². The Balaban J connectivity index is 1.75. The van der Waals surface area contributed by atoms with Gasteiger partial charge in [-0.3, -0.25) is 14.1 Å². The molecule has 0 spiro atoms. The van der Waals surface area contributed by atoms with Crippen LogP contribution in [-0.4, -0.2) is 23.9 Å². The number of carbonyl (C=O) groups is 1. The molecule has 7 nitrogen and oxygen atoms in total. The predicted octanol–water partition coefficient (Wildman–Crippen LogP) is 3.70. The van der Waals surface area contributed by atoms with E-state index < -0.39 is 22.2 Å². The van der Waals surface area contributed by atoms with Crippen molar-refractivity contribution >= 4 is 33.2 Å². The van der Waals surface area contributed by atoms with E-state index in [-0.39, 0.29) is 18.0 Å². The van der Waals surface area contributed by atoms with E-state index in [1.165, 1.54) is 35.6 Å². The fraction of sp³-hybridized carbons (Fsp3) is 0.238. The molecule has 3 rings (SSSR count). The Bertz CT molecular complexity index is 1150. The summed E-state index contributed by atoms with van der Waals surface area (Å²) >= 11 is 1.45. The molecule has 1 heterocycles. The maximum Gasteiger partial charge on any atom is 0.357 e. The lowest BCUT2D eigenvalue weighted by molar-refractivity contribution is -0.121. The van der Waals surface area contributed by atoms with Gasteiger partial charge in [-0.1, -0.05) is 31.2 Å². The Morgan fingerprint density at radius 2 is 1.94 bits per heavy atom. The third kappa shape index (κ3) is 7.12. The minimum absolute atomic E-state index is 0.0392. The highest BCUT2D eigenvalue weighted by molar-refractivity contribution is 7.87. The van der Waals surface area contributed by atoms with E-state index in [0.717, 1.165) is 22.7 Å². The standard InChI is InChI=1S/C21H22FN3O4S2/c1-2-17-13-30-21(23-17)19(24-20(26)12-15-4-3-5-16(22)10-15)11-14-6-8-18(9-7-14)25-31(27,28)29/h3-10,13,19,25H,2,11-12H2,1H3,(H,24,26)(H,27,28,29)/t19-/m0/s1. The van der Waals surface area contributed by atoms with Crippen LogP contribution in [0.5, 0.6) is 0 Å². The Morgan fingerprint density at radius 1 is 1.19 bits per heavy atom. The van der Waals surface area contributed by atoms with Gasteiger partial charge in [0.2, 0.25) is 5.91 Å². The molecule has 3 aromatic rings. The molecule has 1 amide bonds. The first kappa shape index (κ1) is 22.9. The number of thiazole rings is 1. The van der Waals surface area contributed by atoms with Crippen molar-refractivity contribution in [3.8, 4) is 0 Å². The van der Waals surface area contributed by atoms with Crippen LogP contribution in [0.25, 0.3) is 0 Å². The Labute approximate surface area is 184 Å². The molecule has 0 radical (unpaired) electrons. The molecule has 0 aliphatic rings. The van der Waals surface area contributed by atoms with Crippen molar-refractivity contribution < 1.29 is 22.2 Å². The van der Waals surface area contributed by atoms with Gasteiger partial charge in [0.1, 0.15) is 10.8 Å². The van der Waals surface area contributed by atoms with Gasteiger partial charge in [0.25, 0.3) is 0 Å². The molecule has 2 aromatic carbocycles. The maximum absolute atomic E-state index is 13.4. The van der Waals surface area contributed by atoms with E-state index in [9.17, 15) is 17.6 Å². The number of anilines is 1. The first-order valence-corrected chi connectivity index (χ1v) is 11.9. The van der Waals surface area contributed by atoms with E-state index in [1.54, 1.807) is 24.3 Å². The van der Waals surface area contributed by atoms with E-state index in [2.05, 4.69) is 10.3 Å². The molecule has 0 aliphatic carbocycles. The van der Waals surface area contributed by atoms with Crippen LogP contribution in [0.15, 0.2) is 53.9 Å². The van der Waals surface area contributed by atoms with Crippen LogP contribution < -0.4 is 10.0 Å². The van der Waals surface area contributed by atoms with Crippen LogP contribution in [0.3, 0.4) is 0 Å². The van der Waals surface area contributed by atoms with Gasteiger partial charge in [0.05, 0.1) is 23.8 Å². The average molecular weight is 464 g/mol. The minimum Gasteiger partial charge on any atom is -0.346 e. The molecular formula is C21H22FN3O4S2. The van der Waals surface area contributed by atoms with Crippen molar-refractivity contribution in [2.24, 2.45) is 0 Å². The van der Waals surface area contributed by atoms with Crippen LogP contribution in [0.2, 0.25) is 0 Å². The van der Waals surface area contributed by atoms with E-state index in [0.29, 0.717) is 12.0 Å². The zero-order valence-electron chi connectivity index (χ0n) is 16.7. The molecule has 0 saturated heterocycles. The molecule has 0 saturated carbocycles. The predicted molar refractivity (Wildman–Crippen MR) is 118 cm³/mol. The topological polar surface area (TPSA) is 108 Å². The third-order valence-electron chi connectivity index (χ3n) is 4.46. The summed E-state index contributed by atoms with van der Waals surface area (Å²) in [5.74, 6) is -0.651. The normalized spacial score (nSPS) is 12.4. The molecule has 0 unspecified atom stereocenters. The second-order valence-corrected chi connectivity index (χ2v) is 8.98. The SMILES string of the molecule is CCc1csc([C@H](Cc2ccc(NS(=O)(=O)O)cc2)NC(=O)Cc2cccc(F)c2)n1. The lowest BCUT2D eigenvalue weighted by Crippen LogP contribution is -2.31. The fourth-order valence-corrected chi connectivity index (χ4v) is 4.40. The second-order valence-electron chi connectivity index (χ2n) is 6.94. The number of nitrogens with one attached hydrogen (secondary N) is 2. The van der Waals surface area contributed by atoms with Gasteiger partial charge in [-0.15, -0.1) is 11.3 Å². The quantitative estimate of drug-likeness (QED) is 0.419. The van der Waals surface area contributed by atoms with Crippen molar-refractivity contribution in [2.75, 3.05) is 4.72 Å². The van der Waals surface area contributed by atoms with Crippen LogP contribution >= 0.6 is 11.3 Å². The van der Waals surface area contributed by atoms with E-state index in [1.807, 2.05) is 17.0 Å². The summed E-state index contributed by atoms with van der Waals surface area (Å²) in [6, 6.07) is 12.0. The molecule has 10 heteroatoms. The highest BCUT2D eigenvalue weighted by Crippen LogP contribution is 2.24. The monoisotopic (exact) mass is 463 g/mol. The van der Waals surface area contributed by atoms with Crippen LogP contribution in [0.1, 0.15) is 34.8 Å². The Morgan fingerprint density at radius 3 is 2.55 bits per heavy atom. The number of carbonyl (C=O) groups excluding carboxylic acids is 1. The van der Waals surface area contributed by atoms with Gasteiger partial charge >= 0.3 is 10.3 Å². The van der Waals surface area contributed by atoms with Gasteiger partial charge in [-0.25, -0.2) is 9.37 Å². The lowest BCUT2D eigenvalue weighted by atomic mass is 10.0. The summed E-state index contributed by atoms with van der Waals surface area (Å²) in [7, 11) is -4.35. The molecular weight excluding hydrogens is 441 g/mol. The minimum atomic E-state index is -4.35. The molecule has 0 aliphatic heterocycles. The molecule has 0 fully saturated rings. The molecule has 0 bridgehead atoms. The number of aryl methyl sites for hydroxylation is 1. The van der Waals surface area contributed by atoms with Gasteiger partial charge in [0, 0.05) is 5.38 Å². The Hall–Kier alpha value is -2.82. The highest BCUT2D eigenvalue weighted by Gasteiger charge is 2.19. The molecule has 1 atom stereocenters. The van der Waals surface area contributed by atoms with E-state index >= 15 is 0 Å². The number of amides is 1. The summed E-state index contributed by atoms with van der Waals surface area (Å²) in [6.45, 7) is 2.00. The number of halogens is 1. The number of nitrogens with zero attached hydrogens (tertiary/aromatic N) is 1. The van der Waals surface area contributed by atoms with Gasteiger partial charge in [-0.2, -0.15) is 8.42 Å². The smallest absolute Gasteiger partial charge is 0.346 e. The number of aromatic nitrogens is 1. The van der Waals surface area contributed by atoms with Gasteiger partial charge < -0.3 is 5.32 Å². The molecule has 3 N–H and O–H groups in total.